The standard InChI is InChI=1S/C13H16ClNO2/c1-9(2)15-13(17)8-7-12(16)10-3-5-11(14)6-4-10/h3-6,9H,7-8H2,1-2H3,(H,15,17). The summed E-state index contributed by atoms with van der Waals surface area (Å²) in [6.45, 7) is 3.78. The van der Waals surface area contributed by atoms with Gasteiger partial charge in [0, 0.05) is 29.5 Å². The molecule has 0 aliphatic carbocycles. The first kappa shape index (κ1) is 13.7. The SMILES string of the molecule is CC(C)NC(=O)CCC(=O)c1ccc(Cl)cc1. The number of ketones is 1. The van der Waals surface area contributed by atoms with Gasteiger partial charge < -0.3 is 5.32 Å². The second-order valence-corrected chi connectivity index (χ2v) is 4.59. The van der Waals surface area contributed by atoms with Crippen LogP contribution in [-0.2, 0) is 4.79 Å². The van der Waals surface area contributed by atoms with Gasteiger partial charge in [0.05, 0.1) is 0 Å². The second kappa shape index (κ2) is 6.40. The first-order valence-electron chi connectivity index (χ1n) is 5.57. The Morgan fingerprint density at radius 2 is 1.76 bits per heavy atom. The third-order valence-corrected chi connectivity index (χ3v) is 2.45. The highest BCUT2D eigenvalue weighted by Crippen LogP contribution is 2.11. The van der Waals surface area contributed by atoms with Gasteiger partial charge in [0.15, 0.2) is 5.78 Å². The molecule has 1 rings (SSSR count). The van der Waals surface area contributed by atoms with Crippen LogP contribution in [-0.4, -0.2) is 17.7 Å². The van der Waals surface area contributed by atoms with E-state index in [1.54, 1.807) is 24.3 Å². The van der Waals surface area contributed by atoms with Gasteiger partial charge in [-0.2, -0.15) is 0 Å². The van der Waals surface area contributed by atoms with E-state index >= 15 is 0 Å². The molecule has 0 saturated heterocycles. The van der Waals surface area contributed by atoms with E-state index in [0.29, 0.717) is 10.6 Å². The molecule has 17 heavy (non-hydrogen) atoms. The van der Waals surface area contributed by atoms with Gasteiger partial charge in [-0.05, 0) is 38.1 Å². The first-order chi connectivity index (χ1) is 7.99. The average molecular weight is 254 g/mol. The molecule has 4 heteroatoms. The minimum Gasteiger partial charge on any atom is -0.354 e. The Labute approximate surface area is 106 Å². The Kier molecular flexibility index (Phi) is 5.16. The Bertz CT molecular complexity index is 398. The van der Waals surface area contributed by atoms with E-state index in [-0.39, 0.29) is 30.6 Å². The highest BCUT2D eigenvalue weighted by Gasteiger charge is 2.09. The van der Waals surface area contributed by atoms with Crippen LogP contribution in [0.15, 0.2) is 24.3 Å². The Balaban J connectivity index is 2.45. The highest BCUT2D eigenvalue weighted by atomic mass is 35.5. The predicted molar refractivity (Wildman–Crippen MR) is 68.3 cm³/mol. The molecule has 1 aromatic rings. The molecule has 0 heterocycles. The van der Waals surface area contributed by atoms with E-state index in [4.69, 9.17) is 11.6 Å². The fraction of sp³-hybridized carbons (Fsp3) is 0.385. The van der Waals surface area contributed by atoms with Crippen LogP contribution in [0, 0.1) is 0 Å². The van der Waals surface area contributed by atoms with E-state index in [0.717, 1.165) is 0 Å². The summed E-state index contributed by atoms with van der Waals surface area (Å²) in [6.07, 6.45) is 0.444. The molecular weight excluding hydrogens is 238 g/mol. The number of rotatable bonds is 5. The molecular formula is C13H16ClNO2. The van der Waals surface area contributed by atoms with Gasteiger partial charge in [-0.25, -0.2) is 0 Å². The Hall–Kier alpha value is -1.35. The van der Waals surface area contributed by atoms with Crippen molar-refractivity contribution in [1.29, 1.82) is 0 Å². The van der Waals surface area contributed by atoms with E-state index in [1.165, 1.54) is 0 Å². The summed E-state index contributed by atoms with van der Waals surface area (Å²) in [6, 6.07) is 6.79. The monoisotopic (exact) mass is 253 g/mol. The molecule has 0 aromatic heterocycles. The summed E-state index contributed by atoms with van der Waals surface area (Å²) in [4.78, 5) is 23.1. The maximum atomic E-state index is 11.7. The maximum absolute atomic E-state index is 11.7. The predicted octanol–water partition coefficient (Wildman–Crippen LogP) is 2.83. The van der Waals surface area contributed by atoms with Crippen molar-refractivity contribution in [2.75, 3.05) is 0 Å². The zero-order chi connectivity index (χ0) is 12.8. The molecule has 3 nitrogen and oxygen atoms in total. The molecule has 0 unspecified atom stereocenters. The number of Topliss-reactive ketones (excluding diaryl/α,β-unsaturated/α-hetero) is 1. The lowest BCUT2D eigenvalue weighted by atomic mass is 10.1. The van der Waals surface area contributed by atoms with Gasteiger partial charge in [0.2, 0.25) is 5.91 Å². The van der Waals surface area contributed by atoms with Crippen LogP contribution in [0.1, 0.15) is 37.0 Å². The minimum atomic E-state index is -0.0951. The van der Waals surface area contributed by atoms with Crippen LogP contribution in [0.25, 0.3) is 0 Å². The van der Waals surface area contributed by atoms with Crippen LogP contribution in [0.4, 0.5) is 0 Å². The first-order valence-corrected chi connectivity index (χ1v) is 5.95. The van der Waals surface area contributed by atoms with Crippen molar-refractivity contribution in [3.63, 3.8) is 0 Å². The van der Waals surface area contributed by atoms with Crippen LogP contribution in [0.5, 0.6) is 0 Å². The van der Waals surface area contributed by atoms with E-state index < -0.39 is 0 Å². The molecule has 0 fully saturated rings. The van der Waals surface area contributed by atoms with Crippen molar-refractivity contribution in [3.8, 4) is 0 Å². The van der Waals surface area contributed by atoms with Crippen LogP contribution in [0.3, 0.4) is 0 Å². The average Bonchev–Trinajstić information content (AvgIpc) is 2.26. The molecule has 0 spiro atoms. The van der Waals surface area contributed by atoms with Crippen LogP contribution < -0.4 is 5.32 Å². The highest BCUT2D eigenvalue weighted by molar-refractivity contribution is 6.30. The summed E-state index contributed by atoms with van der Waals surface area (Å²) >= 11 is 5.73. The lowest BCUT2D eigenvalue weighted by molar-refractivity contribution is -0.121. The number of amides is 1. The van der Waals surface area contributed by atoms with Crippen molar-refractivity contribution in [2.24, 2.45) is 0 Å². The molecule has 0 radical (unpaired) electrons. The van der Waals surface area contributed by atoms with Crippen LogP contribution in [0.2, 0.25) is 5.02 Å². The minimum absolute atomic E-state index is 0.0411. The number of hydrogen-bond donors (Lipinski definition) is 1. The second-order valence-electron chi connectivity index (χ2n) is 4.15. The number of halogens is 1. The van der Waals surface area contributed by atoms with E-state index in [1.807, 2.05) is 13.8 Å². The number of carbonyl (C=O) groups is 2. The molecule has 1 amide bonds. The largest absolute Gasteiger partial charge is 0.354 e. The van der Waals surface area contributed by atoms with E-state index in [2.05, 4.69) is 5.32 Å². The van der Waals surface area contributed by atoms with Gasteiger partial charge in [-0.1, -0.05) is 11.6 Å². The molecule has 92 valence electrons. The summed E-state index contributed by atoms with van der Waals surface area (Å²) in [5.41, 5.74) is 0.590. The maximum Gasteiger partial charge on any atom is 0.220 e. The number of carbonyl (C=O) groups excluding carboxylic acids is 2. The fourth-order valence-electron chi connectivity index (χ4n) is 1.40. The lowest BCUT2D eigenvalue weighted by Gasteiger charge is -2.07. The molecule has 0 bridgehead atoms. The summed E-state index contributed by atoms with van der Waals surface area (Å²) in [7, 11) is 0. The summed E-state index contributed by atoms with van der Waals surface area (Å²) < 4.78 is 0. The van der Waals surface area contributed by atoms with Crippen molar-refractivity contribution in [1.82, 2.24) is 5.32 Å². The molecule has 1 aromatic carbocycles. The van der Waals surface area contributed by atoms with Gasteiger partial charge in [-0.15, -0.1) is 0 Å². The molecule has 0 saturated carbocycles. The third-order valence-electron chi connectivity index (χ3n) is 2.19. The summed E-state index contributed by atoms with van der Waals surface area (Å²) in [5.74, 6) is -0.136. The molecule has 0 aliphatic rings. The van der Waals surface area contributed by atoms with Gasteiger partial charge >= 0.3 is 0 Å². The zero-order valence-electron chi connectivity index (χ0n) is 10.00. The Morgan fingerprint density at radius 3 is 2.29 bits per heavy atom. The van der Waals surface area contributed by atoms with Crippen molar-refractivity contribution < 1.29 is 9.59 Å². The Morgan fingerprint density at radius 1 is 1.18 bits per heavy atom. The van der Waals surface area contributed by atoms with Gasteiger partial charge in [0.25, 0.3) is 0 Å². The fourth-order valence-corrected chi connectivity index (χ4v) is 1.53. The van der Waals surface area contributed by atoms with Crippen molar-refractivity contribution in [2.45, 2.75) is 32.7 Å². The molecule has 0 aliphatic heterocycles. The normalized spacial score (nSPS) is 10.4. The number of hydrogen-bond acceptors (Lipinski definition) is 2. The third kappa shape index (κ3) is 5.00. The van der Waals surface area contributed by atoms with Gasteiger partial charge in [-0.3, -0.25) is 9.59 Å². The summed E-state index contributed by atoms with van der Waals surface area (Å²) in [5, 5.41) is 3.34. The quantitative estimate of drug-likeness (QED) is 0.821. The molecule has 1 N–H and O–H groups in total. The lowest BCUT2D eigenvalue weighted by Crippen LogP contribution is -2.30. The van der Waals surface area contributed by atoms with Gasteiger partial charge in [0.1, 0.15) is 0 Å². The number of nitrogens with one attached hydrogen (secondary N) is 1. The number of benzene rings is 1. The van der Waals surface area contributed by atoms with E-state index in [9.17, 15) is 9.59 Å². The zero-order valence-corrected chi connectivity index (χ0v) is 10.8. The van der Waals surface area contributed by atoms with Crippen LogP contribution >= 0.6 is 11.6 Å². The topological polar surface area (TPSA) is 46.2 Å². The molecule has 0 atom stereocenters. The van der Waals surface area contributed by atoms with Crippen molar-refractivity contribution in [3.05, 3.63) is 34.9 Å². The smallest absolute Gasteiger partial charge is 0.220 e. The van der Waals surface area contributed by atoms with Crippen molar-refractivity contribution >= 4 is 23.3 Å².